The molecule has 0 atom stereocenters. The number of benzene rings is 1. The SMILES string of the molecule is CC(C)(C)c1ccc(C(=O)Nc2ccc(N3CCCC3)nn2)cc1. The van der Waals surface area contributed by atoms with Gasteiger partial charge in [-0.1, -0.05) is 32.9 Å². The van der Waals surface area contributed by atoms with E-state index in [-0.39, 0.29) is 11.3 Å². The third-order valence-corrected chi connectivity index (χ3v) is 4.34. The molecular weight excluding hydrogens is 300 g/mol. The van der Waals surface area contributed by atoms with Gasteiger partial charge in [-0.15, -0.1) is 10.2 Å². The molecule has 0 saturated carbocycles. The van der Waals surface area contributed by atoms with E-state index in [2.05, 4.69) is 41.2 Å². The van der Waals surface area contributed by atoms with Crippen LogP contribution in [0, 0.1) is 0 Å². The van der Waals surface area contributed by atoms with Gasteiger partial charge in [-0.3, -0.25) is 4.79 Å². The molecule has 0 radical (unpaired) electrons. The van der Waals surface area contributed by atoms with Crippen LogP contribution in [0.2, 0.25) is 0 Å². The Kier molecular flexibility index (Phi) is 4.51. The second-order valence-electron chi connectivity index (χ2n) is 7.25. The lowest BCUT2D eigenvalue weighted by Crippen LogP contribution is -2.20. The van der Waals surface area contributed by atoms with E-state index in [1.807, 2.05) is 36.4 Å². The predicted octanol–water partition coefficient (Wildman–Crippen LogP) is 3.63. The van der Waals surface area contributed by atoms with E-state index >= 15 is 0 Å². The molecule has 1 N–H and O–H groups in total. The maximum absolute atomic E-state index is 12.3. The molecule has 3 rings (SSSR count). The van der Waals surface area contributed by atoms with Crippen molar-refractivity contribution in [3.05, 3.63) is 47.5 Å². The van der Waals surface area contributed by atoms with Crippen molar-refractivity contribution in [1.29, 1.82) is 0 Å². The van der Waals surface area contributed by atoms with Crippen LogP contribution in [-0.2, 0) is 5.41 Å². The number of carbonyl (C=O) groups excluding carboxylic acids is 1. The number of nitrogens with one attached hydrogen (secondary N) is 1. The van der Waals surface area contributed by atoms with Crippen LogP contribution in [0.1, 0.15) is 49.5 Å². The van der Waals surface area contributed by atoms with Crippen LogP contribution in [0.25, 0.3) is 0 Å². The molecule has 24 heavy (non-hydrogen) atoms. The highest BCUT2D eigenvalue weighted by atomic mass is 16.1. The van der Waals surface area contributed by atoms with Crippen molar-refractivity contribution in [2.75, 3.05) is 23.3 Å². The van der Waals surface area contributed by atoms with Crippen LogP contribution < -0.4 is 10.2 Å². The topological polar surface area (TPSA) is 58.1 Å². The maximum atomic E-state index is 12.3. The van der Waals surface area contributed by atoms with Gasteiger partial charge in [0.25, 0.3) is 5.91 Å². The quantitative estimate of drug-likeness (QED) is 0.937. The van der Waals surface area contributed by atoms with Crippen molar-refractivity contribution in [2.24, 2.45) is 0 Å². The van der Waals surface area contributed by atoms with E-state index in [4.69, 9.17) is 0 Å². The van der Waals surface area contributed by atoms with Crippen LogP contribution in [0.3, 0.4) is 0 Å². The molecule has 1 fully saturated rings. The Balaban J connectivity index is 1.66. The van der Waals surface area contributed by atoms with Crippen molar-refractivity contribution in [1.82, 2.24) is 10.2 Å². The van der Waals surface area contributed by atoms with Crippen LogP contribution in [-0.4, -0.2) is 29.2 Å². The van der Waals surface area contributed by atoms with Gasteiger partial charge in [-0.2, -0.15) is 0 Å². The zero-order valence-electron chi connectivity index (χ0n) is 14.5. The zero-order valence-corrected chi connectivity index (χ0v) is 14.5. The zero-order chi connectivity index (χ0) is 17.2. The first-order valence-electron chi connectivity index (χ1n) is 8.44. The van der Waals surface area contributed by atoms with Gasteiger partial charge in [0.2, 0.25) is 0 Å². The number of amides is 1. The van der Waals surface area contributed by atoms with Gasteiger partial charge in [0.15, 0.2) is 11.6 Å². The fraction of sp³-hybridized carbons (Fsp3) is 0.421. The van der Waals surface area contributed by atoms with Crippen LogP contribution in [0.15, 0.2) is 36.4 Å². The number of aromatic nitrogens is 2. The molecule has 2 aromatic rings. The first-order valence-corrected chi connectivity index (χ1v) is 8.44. The standard InChI is InChI=1S/C19H24N4O/c1-19(2,3)15-8-6-14(7-9-15)18(24)20-16-10-11-17(22-21-16)23-12-4-5-13-23/h6-11H,4-5,12-13H2,1-3H3,(H,20,21,24). The number of nitrogens with zero attached hydrogens (tertiary/aromatic N) is 3. The summed E-state index contributed by atoms with van der Waals surface area (Å²) in [5.41, 5.74) is 1.90. The van der Waals surface area contributed by atoms with Crippen molar-refractivity contribution in [3.63, 3.8) is 0 Å². The second kappa shape index (κ2) is 6.59. The molecule has 1 aliphatic heterocycles. The lowest BCUT2D eigenvalue weighted by molar-refractivity contribution is 0.102. The smallest absolute Gasteiger partial charge is 0.256 e. The Labute approximate surface area is 143 Å². The average molecular weight is 324 g/mol. The van der Waals surface area contributed by atoms with E-state index < -0.39 is 0 Å². The average Bonchev–Trinajstić information content (AvgIpc) is 3.09. The van der Waals surface area contributed by atoms with E-state index in [9.17, 15) is 4.79 Å². The molecule has 1 aliphatic rings. The molecule has 0 aliphatic carbocycles. The molecule has 5 heteroatoms. The number of hydrogen-bond donors (Lipinski definition) is 1. The minimum Gasteiger partial charge on any atom is -0.355 e. The van der Waals surface area contributed by atoms with E-state index in [0.29, 0.717) is 11.4 Å². The third-order valence-electron chi connectivity index (χ3n) is 4.34. The normalized spacial score (nSPS) is 14.7. The number of carbonyl (C=O) groups is 1. The second-order valence-corrected chi connectivity index (χ2v) is 7.25. The van der Waals surface area contributed by atoms with Gasteiger partial charge >= 0.3 is 0 Å². The summed E-state index contributed by atoms with van der Waals surface area (Å²) in [6.07, 6.45) is 2.40. The molecule has 1 aromatic heterocycles. The van der Waals surface area contributed by atoms with Crippen LogP contribution in [0.5, 0.6) is 0 Å². The summed E-state index contributed by atoms with van der Waals surface area (Å²) in [5.74, 6) is 1.18. The fourth-order valence-electron chi connectivity index (χ4n) is 2.82. The predicted molar refractivity (Wildman–Crippen MR) is 96.6 cm³/mol. The highest BCUT2D eigenvalue weighted by molar-refractivity contribution is 6.03. The highest BCUT2D eigenvalue weighted by Gasteiger charge is 2.16. The van der Waals surface area contributed by atoms with Gasteiger partial charge in [0.05, 0.1) is 0 Å². The molecule has 0 unspecified atom stereocenters. The van der Waals surface area contributed by atoms with Gasteiger partial charge in [-0.05, 0) is 48.1 Å². The molecule has 0 bridgehead atoms. The molecule has 0 spiro atoms. The Morgan fingerprint density at radius 1 is 1.00 bits per heavy atom. The lowest BCUT2D eigenvalue weighted by Gasteiger charge is -2.19. The summed E-state index contributed by atoms with van der Waals surface area (Å²) in [4.78, 5) is 14.5. The van der Waals surface area contributed by atoms with Gasteiger partial charge in [0.1, 0.15) is 0 Å². The molecular formula is C19H24N4O. The molecule has 1 amide bonds. The molecule has 126 valence electrons. The largest absolute Gasteiger partial charge is 0.355 e. The van der Waals surface area contributed by atoms with Crippen molar-refractivity contribution >= 4 is 17.5 Å². The lowest BCUT2D eigenvalue weighted by atomic mass is 9.87. The fourth-order valence-corrected chi connectivity index (χ4v) is 2.82. The summed E-state index contributed by atoms with van der Waals surface area (Å²) in [6, 6.07) is 11.4. The summed E-state index contributed by atoms with van der Waals surface area (Å²) < 4.78 is 0. The number of anilines is 2. The minimum atomic E-state index is -0.168. The molecule has 1 aromatic carbocycles. The summed E-state index contributed by atoms with van der Waals surface area (Å²) in [5, 5.41) is 11.1. The van der Waals surface area contributed by atoms with Gasteiger partial charge in [-0.25, -0.2) is 0 Å². The Morgan fingerprint density at radius 2 is 1.67 bits per heavy atom. The highest BCUT2D eigenvalue weighted by Crippen LogP contribution is 2.22. The monoisotopic (exact) mass is 324 g/mol. The number of rotatable bonds is 3. The number of hydrogen-bond acceptors (Lipinski definition) is 4. The first kappa shape index (κ1) is 16.4. The van der Waals surface area contributed by atoms with Gasteiger partial charge in [0, 0.05) is 18.7 Å². The Hall–Kier alpha value is -2.43. The van der Waals surface area contributed by atoms with Crippen LogP contribution in [0.4, 0.5) is 11.6 Å². The Morgan fingerprint density at radius 3 is 2.21 bits per heavy atom. The summed E-state index contributed by atoms with van der Waals surface area (Å²) >= 11 is 0. The summed E-state index contributed by atoms with van der Waals surface area (Å²) in [6.45, 7) is 8.51. The summed E-state index contributed by atoms with van der Waals surface area (Å²) in [7, 11) is 0. The van der Waals surface area contributed by atoms with Crippen molar-refractivity contribution in [2.45, 2.75) is 39.0 Å². The molecule has 1 saturated heterocycles. The Bertz CT molecular complexity index is 696. The van der Waals surface area contributed by atoms with E-state index in [0.717, 1.165) is 18.9 Å². The van der Waals surface area contributed by atoms with Crippen LogP contribution >= 0.6 is 0 Å². The van der Waals surface area contributed by atoms with Gasteiger partial charge < -0.3 is 10.2 Å². The molecule has 2 heterocycles. The van der Waals surface area contributed by atoms with Crippen molar-refractivity contribution in [3.8, 4) is 0 Å². The minimum absolute atomic E-state index is 0.0753. The van der Waals surface area contributed by atoms with E-state index in [1.165, 1.54) is 18.4 Å². The maximum Gasteiger partial charge on any atom is 0.256 e. The third kappa shape index (κ3) is 3.72. The van der Waals surface area contributed by atoms with E-state index in [1.54, 1.807) is 0 Å². The molecule has 5 nitrogen and oxygen atoms in total. The van der Waals surface area contributed by atoms with Crippen molar-refractivity contribution < 1.29 is 4.79 Å². The first-order chi connectivity index (χ1) is 11.4.